The molecule has 0 unspecified atom stereocenters. The Balaban J connectivity index is 1.90. The zero-order chi connectivity index (χ0) is 9.36. The van der Waals surface area contributed by atoms with Gasteiger partial charge >= 0.3 is 0 Å². The Morgan fingerprint density at radius 2 is 2.15 bits per heavy atom. The average Bonchev–Trinajstić information content (AvgIpc) is 2.63. The average molecular weight is 185 g/mol. The highest BCUT2D eigenvalue weighted by molar-refractivity contribution is 4.77. The zero-order valence-electron chi connectivity index (χ0n) is 7.75. The van der Waals surface area contributed by atoms with Gasteiger partial charge in [0.05, 0.1) is 6.67 Å². The first-order valence-corrected chi connectivity index (χ1v) is 4.67. The molecule has 0 amide bonds. The lowest BCUT2D eigenvalue weighted by Gasteiger charge is -2.03. The SMILES string of the molecule is FCCCNCCCn1cccn1. The highest BCUT2D eigenvalue weighted by Crippen LogP contribution is 1.87. The number of nitrogens with one attached hydrogen (secondary N) is 1. The molecule has 0 saturated heterocycles. The molecule has 1 aromatic rings. The Morgan fingerprint density at radius 3 is 2.85 bits per heavy atom. The Kier molecular flexibility index (Phi) is 5.17. The molecule has 74 valence electrons. The van der Waals surface area contributed by atoms with E-state index < -0.39 is 0 Å². The molecule has 13 heavy (non-hydrogen) atoms. The van der Waals surface area contributed by atoms with E-state index in [2.05, 4.69) is 10.4 Å². The van der Waals surface area contributed by atoms with E-state index in [1.807, 2.05) is 16.9 Å². The first kappa shape index (κ1) is 10.2. The van der Waals surface area contributed by atoms with Gasteiger partial charge in [-0.3, -0.25) is 9.07 Å². The van der Waals surface area contributed by atoms with Crippen LogP contribution in [-0.4, -0.2) is 29.5 Å². The molecule has 0 aliphatic carbocycles. The molecule has 0 saturated carbocycles. The van der Waals surface area contributed by atoms with Crippen molar-refractivity contribution in [2.75, 3.05) is 19.8 Å². The highest BCUT2D eigenvalue weighted by Gasteiger charge is 1.90. The van der Waals surface area contributed by atoms with Crippen molar-refractivity contribution in [2.24, 2.45) is 0 Å². The van der Waals surface area contributed by atoms with Crippen LogP contribution in [0.5, 0.6) is 0 Å². The van der Waals surface area contributed by atoms with Crippen molar-refractivity contribution >= 4 is 0 Å². The molecule has 4 heteroatoms. The second kappa shape index (κ2) is 6.60. The van der Waals surface area contributed by atoms with Gasteiger partial charge in [0, 0.05) is 18.9 Å². The number of rotatable bonds is 7. The predicted molar refractivity (Wildman–Crippen MR) is 50.3 cm³/mol. The minimum atomic E-state index is -0.230. The van der Waals surface area contributed by atoms with E-state index in [1.54, 1.807) is 6.20 Å². The van der Waals surface area contributed by atoms with Gasteiger partial charge in [-0.1, -0.05) is 0 Å². The fourth-order valence-corrected chi connectivity index (χ4v) is 1.12. The van der Waals surface area contributed by atoms with Gasteiger partial charge in [0.1, 0.15) is 0 Å². The quantitative estimate of drug-likeness (QED) is 0.647. The van der Waals surface area contributed by atoms with Crippen molar-refractivity contribution in [3.05, 3.63) is 18.5 Å². The van der Waals surface area contributed by atoms with Gasteiger partial charge in [0.2, 0.25) is 0 Å². The number of hydrogen-bond acceptors (Lipinski definition) is 2. The molecule has 1 aromatic heterocycles. The molecular formula is C9H16FN3. The van der Waals surface area contributed by atoms with Crippen LogP contribution in [0.25, 0.3) is 0 Å². The number of nitrogens with zero attached hydrogens (tertiary/aromatic N) is 2. The number of aromatic nitrogens is 2. The van der Waals surface area contributed by atoms with E-state index in [4.69, 9.17) is 0 Å². The maximum absolute atomic E-state index is 11.7. The molecular weight excluding hydrogens is 169 g/mol. The molecule has 0 atom stereocenters. The molecule has 0 radical (unpaired) electrons. The molecule has 1 N–H and O–H groups in total. The van der Waals surface area contributed by atoms with Crippen LogP contribution >= 0.6 is 0 Å². The fourth-order valence-electron chi connectivity index (χ4n) is 1.12. The number of aryl methyl sites for hydroxylation is 1. The summed E-state index contributed by atoms with van der Waals surface area (Å²) in [6.07, 6.45) is 5.37. The smallest absolute Gasteiger partial charge is 0.0906 e. The summed E-state index contributed by atoms with van der Waals surface area (Å²) in [5.41, 5.74) is 0. The largest absolute Gasteiger partial charge is 0.317 e. The standard InChI is InChI=1S/C9H16FN3/c10-4-1-5-11-6-2-8-13-9-3-7-12-13/h3,7,9,11H,1-2,4-6,8H2. The van der Waals surface area contributed by atoms with E-state index in [9.17, 15) is 4.39 Å². The highest BCUT2D eigenvalue weighted by atomic mass is 19.1. The summed E-state index contributed by atoms with van der Waals surface area (Å²) < 4.78 is 13.6. The van der Waals surface area contributed by atoms with Crippen molar-refractivity contribution in [2.45, 2.75) is 19.4 Å². The number of hydrogen-bond donors (Lipinski definition) is 1. The van der Waals surface area contributed by atoms with Crippen LogP contribution < -0.4 is 5.32 Å². The number of alkyl halides is 1. The van der Waals surface area contributed by atoms with Gasteiger partial charge in [-0.15, -0.1) is 0 Å². The maximum Gasteiger partial charge on any atom is 0.0906 e. The van der Waals surface area contributed by atoms with Crippen LogP contribution in [-0.2, 0) is 6.54 Å². The summed E-state index contributed by atoms with van der Waals surface area (Å²) in [7, 11) is 0. The van der Waals surface area contributed by atoms with Crippen LogP contribution in [0.4, 0.5) is 4.39 Å². The molecule has 0 spiro atoms. The second-order valence-corrected chi connectivity index (χ2v) is 2.92. The van der Waals surface area contributed by atoms with E-state index in [1.165, 1.54) is 0 Å². The fraction of sp³-hybridized carbons (Fsp3) is 0.667. The molecule has 0 fully saturated rings. The summed E-state index contributed by atoms with van der Waals surface area (Å²) in [5.74, 6) is 0. The Bertz CT molecular complexity index is 199. The molecule has 0 aliphatic heterocycles. The Morgan fingerprint density at radius 1 is 1.31 bits per heavy atom. The molecule has 0 aliphatic rings. The Labute approximate surface area is 77.9 Å². The predicted octanol–water partition coefficient (Wildman–Crippen LogP) is 1.22. The minimum Gasteiger partial charge on any atom is -0.317 e. The van der Waals surface area contributed by atoms with Crippen molar-refractivity contribution in [3.63, 3.8) is 0 Å². The van der Waals surface area contributed by atoms with Gasteiger partial charge in [-0.2, -0.15) is 5.10 Å². The van der Waals surface area contributed by atoms with Crippen LogP contribution in [0.15, 0.2) is 18.5 Å². The lowest BCUT2D eigenvalue weighted by Crippen LogP contribution is -2.18. The van der Waals surface area contributed by atoms with Gasteiger partial charge in [0.15, 0.2) is 0 Å². The monoisotopic (exact) mass is 185 g/mol. The Hall–Kier alpha value is -0.900. The van der Waals surface area contributed by atoms with Gasteiger partial charge < -0.3 is 5.32 Å². The normalized spacial score (nSPS) is 10.5. The summed E-state index contributed by atoms with van der Waals surface area (Å²) >= 11 is 0. The van der Waals surface area contributed by atoms with Crippen LogP contribution in [0.1, 0.15) is 12.8 Å². The van der Waals surface area contributed by atoms with Crippen molar-refractivity contribution < 1.29 is 4.39 Å². The third kappa shape index (κ3) is 4.62. The third-order valence-electron chi connectivity index (χ3n) is 1.79. The van der Waals surface area contributed by atoms with Gasteiger partial charge in [0.25, 0.3) is 0 Å². The topological polar surface area (TPSA) is 29.9 Å². The lowest BCUT2D eigenvalue weighted by molar-refractivity contribution is 0.453. The van der Waals surface area contributed by atoms with Gasteiger partial charge in [-0.25, -0.2) is 0 Å². The molecule has 0 aromatic carbocycles. The third-order valence-corrected chi connectivity index (χ3v) is 1.79. The van der Waals surface area contributed by atoms with Gasteiger partial charge in [-0.05, 0) is 32.0 Å². The van der Waals surface area contributed by atoms with Crippen molar-refractivity contribution in [3.8, 4) is 0 Å². The molecule has 1 rings (SSSR count). The summed E-state index contributed by atoms with van der Waals surface area (Å²) in [6, 6.07) is 1.91. The summed E-state index contributed by atoms with van der Waals surface area (Å²) in [5, 5.41) is 7.25. The van der Waals surface area contributed by atoms with Crippen molar-refractivity contribution in [1.29, 1.82) is 0 Å². The van der Waals surface area contributed by atoms with Crippen LogP contribution in [0.3, 0.4) is 0 Å². The van der Waals surface area contributed by atoms with E-state index >= 15 is 0 Å². The summed E-state index contributed by atoms with van der Waals surface area (Å²) in [6.45, 7) is 2.40. The lowest BCUT2D eigenvalue weighted by atomic mass is 10.4. The van der Waals surface area contributed by atoms with E-state index in [0.717, 1.165) is 26.1 Å². The van der Waals surface area contributed by atoms with E-state index in [0.29, 0.717) is 6.42 Å². The maximum atomic E-state index is 11.7. The first-order valence-electron chi connectivity index (χ1n) is 4.67. The zero-order valence-corrected chi connectivity index (χ0v) is 7.75. The van der Waals surface area contributed by atoms with Crippen molar-refractivity contribution in [1.82, 2.24) is 15.1 Å². The molecule has 0 bridgehead atoms. The van der Waals surface area contributed by atoms with Crippen LogP contribution in [0.2, 0.25) is 0 Å². The minimum absolute atomic E-state index is 0.230. The van der Waals surface area contributed by atoms with Crippen LogP contribution in [0, 0.1) is 0 Å². The number of halogens is 1. The molecule has 3 nitrogen and oxygen atoms in total. The second-order valence-electron chi connectivity index (χ2n) is 2.92. The molecule has 1 heterocycles. The first-order chi connectivity index (χ1) is 6.43. The van der Waals surface area contributed by atoms with E-state index in [-0.39, 0.29) is 6.67 Å². The summed E-state index contributed by atoms with van der Waals surface area (Å²) in [4.78, 5) is 0.